The SMILES string of the molecule is CCC1CCCC(C#N)(CCC(C)(C)OC)C1. The lowest BCUT2D eigenvalue weighted by molar-refractivity contribution is 0.00286. The van der Waals surface area contributed by atoms with Gasteiger partial charge in [-0.1, -0.05) is 26.2 Å². The van der Waals surface area contributed by atoms with Gasteiger partial charge in [-0.2, -0.15) is 5.26 Å². The highest BCUT2D eigenvalue weighted by Gasteiger charge is 2.37. The van der Waals surface area contributed by atoms with Crippen LogP contribution in [0.2, 0.25) is 0 Å². The zero-order valence-corrected chi connectivity index (χ0v) is 11.9. The summed E-state index contributed by atoms with van der Waals surface area (Å²) in [5.41, 5.74) is -0.169. The molecule has 0 spiro atoms. The van der Waals surface area contributed by atoms with Crippen molar-refractivity contribution in [2.75, 3.05) is 7.11 Å². The van der Waals surface area contributed by atoms with E-state index in [9.17, 15) is 5.26 Å². The fourth-order valence-electron chi connectivity index (χ4n) is 2.86. The zero-order chi connectivity index (χ0) is 12.9. The molecule has 1 aliphatic carbocycles. The van der Waals surface area contributed by atoms with Gasteiger partial charge in [-0.15, -0.1) is 0 Å². The fourth-order valence-corrected chi connectivity index (χ4v) is 2.86. The molecule has 2 nitrogen and oxygen atoms in total. The molecule has 0 amide bonds. The molecule has 1 fully saturated rings. The molecule has 98 valence electrons. The molecule has 1 aliphatic rings. The predicted octanol–water partition coefficient (Wildman–Crippen LogP) is 4.30. The minimum Gasteiger partial charge on any atom is -0.379 e. The molecular weight excluding hydrogens is 210 g/mol. The van der Waals surface area contributed by atoms with Crippen LogP contribution in [0.1, 0.15) is 65.7 Å². The maximum absolute atomic E-state index is 9.53. The summed E-state index contributed by atoms with van der Waals surface area (Å²) in [6.45, 7) is 6.47. The summed E-state index contributed by atoms with van der Waals surface area (Å²) in [5, 5.41) is 9.53. The first-order chi connectivity index (χ1) is 7.97. The molecular formula is C15H27NO. The first-order valence-electron chi connectivity index (χ1n) is 6.93. The number of methoxy groups -OCH3 is 1. The molecule has 2 atom stereocenters. The highest BCUT2D eigenvalue weighted by atomic mass is 16.5. The Balaban J connectivity index is 2.60. The van der Waals surface area contributed by atoms with E-state index in [0.29, 0.717) is 0 Å². The van der Waals surface area contributed by atoms with Crippen LogP contribution in [0, 0.1) is 22.7 Å². The lowest BCUT2D eigenvalue weighted by Gasteiger charge is -2.37. The number of hydrogen-bond acceptors (Lipinski definition) is 2. The van der Waals surface area contributed by atoms with Crippen molar-refractivity contribution < 1.29 is 4.74 Å². The molecule has 1 saturated carbocycles. The van der Waals surface area contributed by atoms with Crippen molar-refractivity contribution in [3.8, 4) is 6.07 Å². The van der Waals surface area contributed by atoms with Crippen LogP contribution in [-0.4, -0.2) is 12.7 Å². The van der Waals surface area contributed by atoms with Crippen molar-refractivity contribution in [3.63, 3.8) is 0 Å². The van der Waals surface area contributed by atoms with Gasteiger partial charge in [-0.05, 0) is 45.4 Å². The Morgan fingerprint density at radius 1 is 1.47 bits per heavy atom. The molecule has 0 aromatic heterocycles. The largest absolute Gasteiger partial charge is 0.379 e. The van der Waals surface area contributed by atoms with E-state index in [1.807, 2.05) is 0 Å². The third kappa shape index (κ3) is 4.00. The molecule has 0 aromatic carbocycles. The van der Waals surface area contributed by atoms with E-state index in [-0.39, 0.29) is 11.0 Å². The summed E-state index contributed by atoms with van der Waals surface area (Å²) in [6.07, 6.45) is 7.90. The standard InChI is InChI=1S/C15H27NO/c1-5-13-7-6-8-15(11-13,12-16)10-9-14(2,3)17-4/h13H,5-11H2,1-4H3. The van der Waals surface area contributed by atoms with Crippen molar-refractivity contribution in [2.45, 2.75) is 71.3 Å². The average Bonchev–Trinajstić information content (AvgIpc) is 2.37. The van der Waals surface area contributed by atoms with Gasteiger partial charge in [-0.25, -0.2) is 0 Å². The molecule has 2 heteroatoms. The molecule has 17 heavy (non-hydrogen) atoms. The molecule has 1 rings (SSSR count). The van der Waals surface area contributed by atoms with Crippen LogP contribution in [-0.2, 0) is 4.74 Å². The minimum atomic E-state index is -0.0942. The van der Waals surface area contributed by atoms with Crippen LogP contribution in [0.4, 0.5) is 0 Å². The first kappa shape index (κ1) is 14.5. The van der Waals surface area contributed by atoms with Crippen LogP contribution in [0.5, 0.6) is 0 Å². The van der Waals surface area contributed by atoms with Gasteiger partial charge in [0, 0.05) is 7.11 Å². The zero-order valence-electron chi connectivity index (χ0n) is 11.9. The van der Waals surface area contributed by atoms with E-state index in [2.05, 4.69) is 26.8 Å². The van der Waals surface area contributed by atoms with Crippen LogP contribution in [0.25, 0.3) is 0 Å². The normalized spacial score (nSPS) is 29.9. The van der Waals surface area contributed by atoms with Crippen LogP contribution < -0.4 is 0 Å². The summed E-state index contributed by atoms with van der Waals surface area (Å²) in [5.74, 6) is 0.758. The Morgan fingerprint density at radius 2 is 2.18 bits per heavy atom. The Morgan fingerprint density at radius 3 is 2.71 bits per heavy atom. The fraction of sp³-hybridized carbons (Fsp3) is 0.933. The molecule has 0 N–H and O–H groups in total. The quantitative estimate of drug-likeness (QED) is 0.714. The maximum Gasteiger partial charge on any atom is 0.0689 e. The van der Waals surface area contributed by atoms with Gasteiger partial charge in [0.25, 0.3) is 0 Å². The summed E-state index contributed by atoms with van der Waals surface area (Å²) in [7, 11) is 1.76. The summed E-state index contributed by atoms with van der Waals surface area (Å²) in [6, 6.07) is 2.62. The van der Waals surface area contributed by atoms with E-state index in [0.717, 1.165) is 31.6 Å². The van der Waals surface area contributed by atoms with Crippen molar-refractivity contribution in [3.05, 3.63) is 0 Å². The van der Waals surface area contributed by atoms with Gasteiger partial charge >= 0.3 is 0 Å². The second-order valence-electron chi connectivity index (χ2n) is 6.23. The van der Waals surface area contributed by atoms with E-state index < -0.39 is 0 Å². The molecule has 0 aliphatic heterocycles. The third-order valence-electron chi connectivity index (χ3n) is 4.52. The van der Waals surface area contributed by atoms with Crippen molar-refractivity contribution in [1.29, 1.82) is 5.26 Å². The topological polar surface area (TPSA) is 33.0 Å². The van der Waals surface area contributed by atoms with E-state index >= 15 is 0 Å². The second kappa shape index (κ2) is 5.87. The lowest BCUT2D eigenvalue weighted by Crippen LogP contribution is -2.31. The number of rotatable bonds is 5. The Labute approximate surface area is 106 Å². The summed E-state index contributed by atoms with van der Waals surface area (Å²) in [4.78, 5) is 0. The van der Waals surface area contributed by atoms with Crippen LogP contribution in [0.3, 0.4) is 0 Å². The van der Waals surface area contributed by atoms with E-state index in [1.165, 1.54) is 19.3 Å². The minimum absolute atomic E-state index is 0.0747. The molecule has 0 bridgehead atoms. The third-order valence-corrected chi connectivity index (χ3v) is 4.52. The molecule has 0 aromatic rings. The maximum atomic E-state index is 9.53. The smallest absolute Gasteiger partial charge is 0.0689 e. The monoisotopic (exact) mass is 237 g/mol. The lowest BCUT2D eigenvalue weighted by atomic mass is 9.67. The van der Waals surface area contributed by atoms with Crippen molar-refractivity contribution >= 4 is 0 Å². The molecule has 0 saturated heterocycles. The average molecular weight is 237 g/mol. The van der Waals surface area contributed by atoms with Gasteiger partial charge in [0.2, 0.25) is 0 Å². The van der Waals surface area contributed by atoms with Crippen molar-refractivity contribution in [1.82, 2.24) is 0 Å². The van der Waals surface area contributed by atoms with Gasteiger partial charge in [0.1, 0.15) is 0 Å². The van der Waals surface area contributed by atoms with Gasteiger partial charge in [0.05, 0.1) is 17.1 Å². The van der Waals surface area contributed by atoms with Gasteiger partial charge in [-0.3, -0.25) is 0 Å². The van der Waals surface area contributed by atoms with E-state index in [1.54, 1.807) is 7.11 Å². The highest BCUT2D eigenvalue weighted by molar-refractivity contribution is 5.02. The van der Waals surface area contributed by atoms with Gasteiger partial charge in [0.15, 0.2) is 0 Å². The number of ether oxygens (including phenoxy) is 1. The Kier molecular flexibility index (Phi) is 5.01. The number of nitriles is 1. The van der Waals surface area contributed by atoms with Gasteiger partial charge < -0.3 is 4.74 Å². The number of hydrogen-bond donors (Lipinski definition) is 0. The summed E-state index contributed by atoms with van der Waals surface area (Å²) >= 11 is 0. The van der Waals surface area contributed by atoms with Crippen LogP contribution in [0.15, 0.2) is 0 Å². The second-order valence-corrected chi connectivity index (χ2v) is 6.23. The molecule has 0 radical (unpaired) electrons. The van der Waals surface area contributed by atoms with Crippen LogP contribution >= 0.6 is 0 Å². The Hall–Kier alpha value is -0.550. The molecule has 0 heterocycles. The van der Waals surface area contributed by atoms with E-state index in [4.69, 9.17) is 4.74 Å². The highest BCUT2D eigenvalue weighted by Crippen LogP contribution is 2.44. The Bertz CT molecular complexity index is 279. The van der Waals surface area contributed by atoms with Crippen molar-refractivity contribution in [2.24, 2.45) is 11.3 Å². The predicted molar refractivity (Wildman–Crippen MR) is 70.6 cm³/mol. The first-order valence-corrected chi connectivity index (χ1v) is 6.93. The number of nitrogens with zero attached hydrogens (tertiary/aromatic N) is 1. The molecule has 2 unspecified atom stereocenters. The summed E-state index contributed by atoms with van der Waals surface area (Å²) < 4.78 is 5.46.